The van der Waals surface area contributed by atoms with Crippen molar-refractivity contribution in [3.63, 3.8) is 0 Å². The molecule has 1 unspecified atom stereocenters. The molecule has 1 aliphatic rings. The minimum Gasteiger partial charge on any atom is -0.391 e. The van der Waals surface area contributed by atoms with E-state index in [4.69, 9.17) is 4.74 Å². The van der Waals surface area contributed by atoms with Crippen molar-refractivity contribution < 1.29 is 14.6 Å². The molecule has 6 heteroatoms. The summed E-state index contributed by atoms with van der Waals surface area (Å²) >= 11 is 0. The van der Waals surface area contributed by atoms with Gasteiger partial charge in [0.25, 0.3) is 5.91 Å². The number of aromatic nitrogens is 2. The molecule has 3 rings (SSSR count). The van der Waals surface area contributed by atoms with Gasteiger partial charge in [-0.25, -0.2) is 4.98 Å². The van der Waals surface area contributed by atoms with E-state index < -0.39 is 0 Å². The highest BCUT2D eigenvalue weighted by atomic mass is 16.5. The fourth-order valence-corrected chi connectivity index (χ4v) is 3.87. The molecule has 27 heavy (non-hydrogen) atoms. The van der Waals surface area contributed by atoms with Gasteiger partial charge in [0.1, 0.15) is 5.65 Å². The number of hydrogen-bond acceptors (Lipinski definition) is 4. The molecule has 1 fully saturated rings. The third-order valence-electron chi connectivity index (χ3n) is 5.34. The van der Waals surface area contributed by atoms with Gasteiger partial charge in [0.15, 0.2) is 0 Å². The number of nitrogens with one attached hydrogen (secondary N) is 1. The van der Waals surface area contributed by atoms with E-state index in [0.717, 1.165) is 49.9 Å². The van der Waals surface area contributed by atoms with E-state index in [0.29, 0.717) is 17.8 Å². The van der Waals surface area contributed by atoms with Crippen molar-refractivity contribution in [2.45, 2.75) is 77.5 Å². The summed E-state index contributed by atoms with van der Waals surface area (Å²) in [6.07, 6.45) is 7.10. The normalized spacial score (nSPS) is 21.3. The molecular weight excluding hydrogens is 342 g/mol. The van der Waals surface area contributed by atoms with Gasteiger partial charge in [-0.2, -0.15) is 0 Å². The summed E-state index contributed by atoms with van der Waals surface area (Å²) in [5.74, 6) is -0.0577. The van der Waals surface area contributed by atoms with Crippen LogP contribution in [0.4, 0.5) is 0 Å². The lowest BCUT2D eigenvalue weighted by atomic mass is 9.92. The number of carbonyl (C=O) groups is 1. The number of aryl methyl sites for hydroxylation is 2. The van der Waals surface area contributed by atoms with Crippen molar-refractivity contribution in [3.8, 4) is 0 Å². The summed E-state index contributed by atoms with van der Waals surface area (Å²) < 4.78 is 7.78. The van der Waals surface area contributed by atoms with Crippen LogP contribution in [0.25, 0.3) is 5.65 Å². The third kappa shape index (κ3) is 4.87. The Hall–Kier alpha value is -1.92. The van der Waals surface area contributed by atoms with Gasteiger partial charge in [-0.1, -0.05) is 13.3 Å². The fourth-order valence-electron chi connectivity index (χ4n) is 3.87. The summed E-state index contributed by atoms with van der Waals surface area (Å²) in [7, 11) is 0. The predicted octanol–water partition coefficient (Wildman–Crippen LogP) is 3.17. The lowest BCUT2D eigenvalue weighted by Gasteiger charge is -2.29. The number of fused-ring (bicyclic) bond motifs is 1. The Morgan fingerprint density at radius 1 is 1.37 bits per heavy atom. The standard InChI is InChI=1S/C21H31N3O3/c1-4-5-17(25)13-27-18-8-6-16(7-9-18)23-21(26)19-10-11-24-15(3)12-14(2)22-20(19)24/h10-12,16-18,25H,4-9,13H2,1-3H3,(H,23,26). The average Bonchev–Trinajstić information content (AvgIpc) is 3.05. The van der Waals surface area contributed by atoms with Crippen LogP contribution in [0.3, 0.4) is 0 Å². The molecule has 148 valence electrons. The number of aliphatic hydroxyl groups excluding tert-OH is 1. The maximum absolute atomic E-state index is 12.8. The van der Waals surface area contributed by atoms with Crippen molar-refractivity contribution in [2.24, 2.45) is 0 Å². The monoisotopic (exact) mass is 373 g/mol. The molecule has 6 nitrogen and oxygen atoms in total. The number of aliphatic hydroxyl groups is 1. The molecule has 1 saturated carbocycles. The molecule has 0 bridgehead atoms. The number of carbonyl (C=O) groups excluding carboxylic acids is 1. The molecule has 0 spiro atoms. The minimum absolute atomic E-state index is 0.0577. The second-order valence-corrected chi connectivity index (χ2v) is 7.68. The topological polar surface area (TPSA) is 75.9 Å². The van der Waals surface area contributed by atoms with Crippen LogP contribution in [0.2, 0.25) is 0 Å². The van der Waals surface area contributed by atoms with E-state index >= 15 is 0 Å². The van der Waals surface area contributed by atoms with Gasteiger partial charge in [0.05, 0.1) is 24.4 Å². The molecule has 2 aromatic heterocycles. The van der Waals surface area contributed by atoms with E-state index in [1.165, 1.54) is 0 Å². The van der Waals surface area contributed by atoms with Gasteiger partial charge in [-0.15, -0.1) is 0 Å². The first kappa shape index (κ1) is 19.8. The molecule has 2 aromatic rings. The smallest absolute Gasteiger partial charge is 0.255 e. The highest BCUT2D eigenvalue weighted by Gasteiger charge is 2.25. The first-order valence-corrected chi connectivity index (χ1v) is 10.0. The van der Waals surface area contributed by atoms with Gasteiger partial charge >= 0.3 is 0 Å². The molecule has 0 aliphatic heterocycles. The van der Waals surface area contributed by atoms with Crippen LogP contribution in [0, 0.1) is 13.8 Å². The molecule has 0 saturated heterocycles. The first-order chi connectivity index (χ1) is 13.0. The third-order valence-corrected chi connectivity index (χ3v) is 5.34. The Balaban J connectivity index is 1.53. The number of amides is 1. The van der Waals surface area contributed by atoms with Crippen LogP contribution in [0.5, 0.6) is 0 Å². The number of rotatable bonds is 7. The average molecular weight is 373 g/mol. The zero-order valence-electron chi connectivity index (χ0n) is 16.6. The first-order valence-electron chi connectivity index (χ1n) is 10.0. The summed E-state index contributed by atoms with van der Waals surface area (Å²) in [5, 5.41) is 13.0. The van der Waals surface area contributed by atoms with E-state index in [-0.39, 0.29) is 24.2 Å². The van der Waals surface area contributed by atoms with Gasteiger partial charge in [0, 0.05) is 23.6 Å². The van der Waals surface area contributed by atoms with Gasteiger partial charge in [-0.3, -0.25) is 4.79 Å². The van der Waals surface area contributed by atoms with Crippen molar-refractivity contribution in [2.75, 3.05) is 6.61 Å². The zero-order valence-corrected chi connectivity index (χ0v) is 16.6. The number of hydrogen-bond donors (Lipinski definition) is 2. The Kier molecular flexibility index (Phi) is 6.50. The molecule has 1 aliphatic carbocycles. The highest BCUT2D eigenvalue weighted by Crippen LogP contribution is 2.22. The lowest BCUT2D eigenvalue weighted by Crippen LogP contribution is -2.39. The van der Waals surface area contributed by atoms with Crippen LogP contribution in [-0.2, 0) is 4.74 Å². The predicted molar refractivity (Wildman–Crippen MR) is 105 cm³/mol. The Labute approximate surface area is 160 Å². The lowest BCUT2D eigenvalue weighted by molar-refractivity contribution is -0.0288. The van der Waals surface area contributed by atoms with Gasteiger partial charge in [0.2, 0.25) is 0 Å². The molecular formula is C21H31N3O3. The van der Waals surface area contributed by atoms with Crippen LogP contribution in [-0.4, -0.2) is 45.3 Å². The maximum atomic E-state index is 12.8. The largest absolute Gasteiger partial charge is 0.391 e. The van der Waals surface area contributed by atoms with Crippen molar-refractivity contribution in [1.29, 1.82) is 0 Å². The summed E-state index contributed by atoms with van der Waals surface area (Å²) in [4.78, 5) is 17.3. The van der Waals surface area contributed by atoms with Crippen molar-refractivity contribution in [1.82, 2.24) is 14.7 Å². The second-order valence-electron chi connectivity index (χ2n) is 7.68. The molecule has 2 N–H and O–H groups in total. The van der Waals surface area contributed by atoms with E-state index in [2.05, 4.69) is 17.2 Å². The number of nitrogens with zero attached hydrogens (tertiary/aromatic N) is 2. The van der Waals surface area contributed by atoms with Crippen LogP contribution in [0.15, 0.2) is 18.3 Å². The molecule has 0 aromatic carbocycles. The summed E-state index contributed by atoms with van der Waals surface area (Å²) in [6.45, 7) is 6.43. The van der Waals surface area contributed by atoms with Crippen molar-refractivity contribution >= 4 is 11.6 Å². The van der Waals surface area contributed by atoms with E-state index in [1.807, 2.05) is 36.6 Å². The fraction of sp³-hybridized carbons (Fsp3) is 0.619. The van der Waals surface area contributed by atoms with Crippen LogP contribution >= 0.6 is 0 Å². The molecule has 0 radical (unpaired) electrons. The maximum Gasteiger partial charge on any atom is 0.255 e. The molecule has 1 atom stereocenters. The van der Waals surface area contributed by atoms with Gasteiger partial charge in [-0.05, 0) is 58.1 Å². The van der Waals surface area contributed by atoms with E-state index in [1.54, 1.807) is 0 Å². The Morgan fingerprint density at radius 3 is 2.81 bits per heavy atom. The second kappa shape index (κ2) is 8.85. The zero-order chi connectivity index (χ0) is 19.4. The number of ether oxygens (including phenoxy) is 1. The highest BCUT2D eigenvalue weighted by molar-refractivity contribution is 6.00. The van der Waals surface area contributed by atoms with Gasteiger partial charge < -0.3 is 19.6 Å². The molecule has 1 amide bonds. The quantitative estimate of drug-likeness (QED) is 0.782. The molecule has 2 heterocycles. The van der Waals surface area contributed by atoms with Crippen LogP contribution < -0.4 is 5.32 Å². The van der Waals surface area contributed by atoms with Crippen LogP contribution in [0.1, 0.15) is 67.2 Å². The van der Waals surface area contributed by atoms with E-state index in [9.17, 15) is 9.90 Å². The SMILES string of the molecule is CCCC(O)COC1CCC(NC(=O)c2ccn3c(C)cc(C)nc23)CC1. The Bertz CT molecular complexity index is 778. The summed E-state index contributed by atoms with van der Waals surface area (Å²) in [5.41, 5.74) is 3.32. The van der Waals surface area contributed by atoms with Crippen molar-refractivity contribution in [3.05, 3.63) is 35.3 Å². The Morgan fingerprint density at radius 2 is 2.11 bits per heavy atom. The minimum atomic E-state index is -0.366. The summed E-state index contributed by atoms with van der Waals surface area (Å²) in [6, 6.07) is 4.01.